The Morgan fingerprint density at radius 1 is 1.21 bits per heavy atom. The second kappa shape index (κ2) is 6.91. The summed E-state index contributed by atoms with van der Waals surface area (Å²) in [5, 5.41) is 5.20. The number of hydrogen-bond acceptors (Lipinski definition) is 7. The molecule has 2 heterocycles. The highest BCUT2D eigenvalue weighted by atomic mass is 32.1. The molecule has 1 aliphatic heterocycles. The molecular formula is C15H16N2O6S. The topological polar surface area (TPSA) is 103 Å². The van der Waals surface area contributed by atoms with Crippen LogP contribution in [-0.4, -0.2) is 38.2 Å². The van der Waals surface area contributed by atoms with E-state index in [9.17, 15) is 14.4 Å². The average Bonchev–Trinajstić information content (AvgIpc) is 3.15. The van der Waals surface area contributed by atoms with Gasteiger partial charge in [0.25, 0.3) is 11.8 Å². The highest BCUT2D eigenvalue weighted by Gasteiger charge is 2.29. The minimum atomic E-state index is -0.845. The zero-order valence-electron chi connectivity index (χ0n) is 13.0. The Bertz CT molecular complexity index is 724. The second-order valence-corrected chi connectivity index (χ2v) is 6.27. The molecule has 2 N–H and O–H groups in total. The summed E-state index contributed by atoms with van der Waals surface area (Å²) in [4.78, 5) is 37.0. The lowest BCUT2D eigenvalue weighted by Crippen LogP contribution is -2.31. The molecule has 9 heteroatoms. The van der Waals surface area contributed by atoms with Gasteiger partial charge in [0.1, 0.15) is 24.5 Å². The molecule has 0 saturated heterocycles. The molecule has 3 rings (SSSR count). The molecule has 0 spiro atoms. The molecule has 0 radical (unpaired) electrons. The van der Waals surface area contributed by atoms with Crippen LogP contribution in [0.5, 0.6) is 0 Å². The van der Waals surface area contributed by atoms with Crippen LogP contribution >= 0.6 is 11.3 Å². The number of imide groups is 1. The van der Waals surface area contributed by atoms with Gasteiger partial charge in [0, 0.05) is 4.88 Å². The molecule has 0 aromatic carbocycles. The molecule has 1 aliphatic carbocycles. The van der Waals surface area contributed by atoms with Crippen LogP contribution < -0.4 is 10.6 Å². The van der Waals surface area contributed by atoms with Crippen LogP contribution in [0, 0.1) is 0 Å². The number of carbonyl (C=O) groups is 3. The fourth-order valence-electron chi connectivity index (χ4n) is 2.59. The van der Waals surface area contributed by atoms with Gasteiger partial charge < -0.3 is 19.5 Å². The highest BCUT2D eigenvalue weighted by molar-refractivity contribution is 7.17. The third kappa shape index (κ3) is 3.21. The maximum atomic E-state index is 12.4. The largest absolute Gasteiger partial charge is 0.494 e. The maximum absolute atomic E-state index is 12.4. The van der Waals surface area contributed by atoms with Gasteiger partial charge in [-0.15, -0.1) is 11.3 Å². The Balaban J connectivity index is 1.85. The molecule has 0 bridgehead atoms. The Morgan fingerprint density at radius 3 is 2.75 bits per heavy atom. The lowest BCUT2D eigenvalue weighted by atomic mass is 10.1. The number of rotatable bonds is 3. The number of anilines is 1. The molecule has 2 aliphatic rings. The predicted octanol–water partition coefficient (Wildman–Crippen LogP) is 1.56. The van der Waals surface area contributed by atoms with Gasteiger partial charge in [-0.3, -0.25) is 14.9 Å². The number of carbonyl (C=O) groups excluding carboxylic acids is 3. The van der Waals surface area contributed by atoms with Crippen LogP contribution in [0.4, 0.5) is 9.80 Å². The van der Waals surface area contributed by atoms with E-state index in [0.717, 1.165) is 29.7 Å². The van der Waals surface area contributed by atoms with Crippen LogP contribution in [0.1, 0.15) is 27.2 Å². The number of hydrogen-bond donors (Lipinski definition) is 2. The van der Waals surface area contributed by atoms with Crippen molar-refractivity contribution in [2.24, 2.45) is 0 Å². The van der Waals surface area contributed by atoms with Crippen molar-refractivity contribution in [3.8, 4) is 0 Å². The van der Waals surface area contributed by atoms with Crippen molar-refractivity contribution in [2.75, 3.05) is 25.6 Å². The summed E-state index contributed by atoms with van der Waals surface area (Å²) in [5.41, 5.74) is 1.18. The van der Waals surface area contributed by atoms with Crippen molar-refractivity contribution >= 4 is 34.2 Å². The van der Waals surface area contributed by atoms with E-state index in [1.807, 2.05) is 0 Å². The van der Waals surface area contributed by atoms with Crippen molar-refractivity contribution in [1.82, 2.24) is 5.32 Å². The zero-order chi connectivity index (χ0) is 17.1. The van der Waals surface area contributed by atoms with Gasteiger partial charge in [-0.1, -0.05) is 0 Å². The Hall–Kier alpha value is -2.55. The highest BCUT2D eigenvalue weighted by Crippen LogP contribution is 2.39. The fraction of sp³-hybridized carbons (Fsp3) is 0.400. The van der Waals surface area contributed by atoms with Gasteiger partial charge in [0.15, 0.2) is 0 Å². The van der Waals surface area contributed by atoms with Gasteiger partial charge in [-0.25, -0.2) is 4.79 Å². The molecular weight excluding hydrogens is 336 g/mol. The number of amides is 3. The SMILES string of the molecule is COC(=O)NC(=O)c1c(NC(=O)C2=COCCO2)sc2c1CCC2. The maximum Gasteiger partial charge on any atom is 0.413 e. The van der Waals surface area contributed by atoms with Crippen molar-refractivity contribution in [3.63, 3.8) is 0 Å². The first-order valence-electron chi connectivity index (χ1n) is 7.40. The lowest BCUT2D eigenvalue weighted by Gasteiger charge is -2.15. The normalized spacial score (nSPS) is 15.5. The van der Waals surface area contributed by atoms with Gasteiger partial charge in [0.2, 0.25) is 5.76 Å². The minimum absolute atomic E-state index is 0.0501. The summed E-state index contributed by atoms with van der Waals surface area (Å²) >= 11 is 1.34. The molecule has 0 atom stereocenters. The number of thiophene rings is 1. The number of ether oxygens (including phenoxy) is 3. The second-order valence-electron chi connectivity index (χ2n) is 5.16. The van der Waals surface area contributed by atoms with Crippen LogP contribution in [0.25, 0.3) is 0 Å². The van der Waals surface area contributed by atoms with Gasteiger partial charge in [-0.05, 0) is 24.8 Å². The van der Waals surface area contributed by atoms with Crippen LogP contribution in [0.2, 0.25) is 0 Å². The zero-order valence-corrected chi connectivity index (χ0v) is 13.8. The van der Waals surface area contributed by atoms with Crippen LogP contribution in [-0.2, 0) is 31.8 Å². The number of fused-ring (bicyclic) bond motifs is 1. The average molecular weight is 352 g/mol. The fourth-order valence-corrected chi connectivity index (χ4v) is 3.87. The lowest BCUT2D eigenvalue weighted by molar-refractivity contribution is -0.117. The van der Waals surface area contributed by atoms with E-state index in [0.29, 0.717) is 17.2 Å². The first-order valence-corrected chi connectivity index (χ1v) is 8.21. The van der Waals surface area contributed by atoms with Crippen molar-refractivity contribution < 1.29 is 28.6 Å². The molecule has 0 unspecified atom stereocenters. The molecule has 1 aromatic heterocycles. The number of aryl methyl sites for hydroxylation is 1. The van der Waals surface area contributed by atoms with E-state index in [4.69, 9.17) is 9.47 Å². The van der Waals surface area contributed by atoms with Gasteiger partial charge in [-0.2, -0.15) is 0 Å². The van der Waals surface area contributed by atoms with Crippen molar-refractivity contribution in [3.05, 3.63) is 28.0 Å². The van der Waals surface area contributed by atoms with E-state index < -0.39 is 17.9 Å². The summed E-state index contributed by atoms with van der Waals surface area (Å²) in [6.45, 7) is 0.673. The van der Waals surface area contributed by atoms with Gasteiger partial charge in [0.05, 0.1) is 12.7 Å². The first-order chi connectivity index (χ1) is 11.6. The first kappa shape index (κ1) is 16.3. The van der Waals surface area contributed by atoms with E-state index in [1.165, 1.54) is 24.7 Å². The molecule has 8 nitrogen and oxygen atoms in total. The summed E-state index contributed by atoms with van der Waals surface area (Å²) in [7, 11) is 1.18. The molecule has 128 valence electrons. The summed E-state index contributed by atoms with van der Waals surface area (Å²) in [6, 6.07) is 0. The summed E-state index contributed by atoms with van der Waals surface area (Å²) in [5.74, 6) is -1.04. The van der Waals surface area contributed by atoms with Crippen molar-refractivity contribution in [1.29, 1.82) is 0 Å². The molecule has 24 heavy (non-hydrogen) atoms. The Labute approximate surface area is 141 Å². The van der Waals surface area contributed by atoms with Crippen LogP contribution in [0.3, 0.4) is 0 Å². The summed E-state index contributed by atoms with van der Waals surface area (Å²) < 4.78 is 14.7. The van der Waals surface area contributed by atoms with E-state index in [2.05, 4.69) is 15.4 Å². The summed E-state index contributed by atoms with van der Waals surface area (Å²) in [6.07, 6.45) is 2.91. The number of nitrogens with one attached hydrogen (secondary N) is 2. The smallest absolute Gasteiger partial charge is 0.413 e. The van der Waals surface area contributed by atoms with E-state index in [1.54, 1.807) is 0 Å². The van der Waals surface area contributed by atoms with Gasteiger partial charge >= 0.3 is 6.09 Å². The van der Waals surface area contributed by atoms with Crippen LogP contribution in [0.15, 0.2) is 12.0 Å². The third-order valence-corrected chi connectivity index (χ3v) is 4.86. The number of methoxy groups -OCH3 is 1. The Kier molecular flexibility index (Phi) is 4.70. The van der Waals surface area contributed by atoms with Crippen molar-refractivity contribution in [2.45, 2.75) is 19.3 Å². The quantitative estimate of drug-likeness (QED) is 0.856. The minimum Gasteiger partial charge on any atom is -0.494 e. The standard InChI is InChI=1S/C15H16N2O6S/c1-21-15(20)17-13(19)11-8-3-2-4-10(8)24-14(11)16-12(18)9-7-22-5-6-23-9/h7H,2-6H2,1H3,(H,16,18)(H,17,19,20). The number of alkyl carbamates (subject to hydrolysis) is 1. The Morgan fingerprint density at radius 2 is 2.04 bits per heavy atom. The van der Waals surface area contributed by atoms with E-state index in [-0.39, 0.29) is 12.4 Å². The third-order valence-electron chi connectivity index (χ3n) is 3.65. The van der Waals surface area contributed by atoms with E-state index >= 15 is 0 Å². The predicted molar refractivity (Wildman–Crippen MR) is 84.8 cm³/mol. The molecule has 0 fully saturated rings. The molecule has 3 amide bonds. The molecule has 0 saturated carbocycles. The molecule has 1 aromatic rings. The monoisotopic (exact) mass is 352 g/mol.